The molecule has 0 spiro atoms. The molecule has 3 nitrogen and oxygen atoms in total. The summed E-state index contributed by atoms with van der Waals surface area (Å²) in [7, 11) is 0. The molecule has 1 aliphatic rings. The number of ether oxygens (including phenoxy) is 1. The molecule has 0 aromatic rings. The molecule has 0 amide bonds. The van der Waals surface area contributed by atoms with E-state index in [0.29, 0.717) is 12.1 Å². The summed E-state index contributed by atoms with van der Waals surface area (Å²) in [5.41, 5.74) is 5.50. The van der Waals surface area contributed by atoms with E-state index in [-0.39, 0.29) is 0 Å². The van der Waals surface area contributed by atoms with E-state index < -0.39 is 0 Å². The topological polar surface area (TPSA) is 38.5 Å². The van der Waals surface area contributed by atoms with Crippen LogP contribution in [0.25, 0.3) is 0 Å². The molecule has 2 N–H and O–H groups in total. The highest BCUT2D eigenvalue weighted by Gasteiger charge is 2.24. The van der Waals surface area contributed by atoms with Crippen LogP contribution in [0.2, 0.25) is 0 Å². The minimum absolute atomic E-state index is 0.399. The smallest absolute Gasteiger partial charge is 0.0674 e. The van der Waals surface area contributed by atoms with Gasteiger partial charge in [0.25, 0.3) is 0 Å². The van der Waals surface area contributed by atoms with Gasteiger partial charge in [-0.15, -0.1) is 0 Å². The van der Waals surface area contributed by atoms with Gasteiger partial charge in [-0.1, -0.05) is 6.92 Å². The van der Waals surface area contributed by atoms with Crippen molar-refractivity contribution in [2.24, 2.45) is 5.73 Å². The molecule has 0 saturated carbocycles. The first-order chi connectivity index (χ1) is 6.77. The second-order valence-electron chi connectivity index (χ2n) is 4.20. The Bertz CT molecular complexity index is 152. The molecule has 84 valence electrons. The number of morpholine rings is 1. The molecule has 1 aliphatic heterocycles. The van der Waals surface area contributed by atoms with E-state index in [4.69, 9.17) is 10.5 Å². The number of unbranched alkanes of at least 4 members (excludes halogenated alkanes) is 1. The van der Waals surface area contributed by atoms with E-state index in [1.165, 1.54) is 19.4 Å². The van der Waals surface area contributed by atoms with E-state index in [2.05, 4.69) is 18.7 Å². The normalized spacial score (nSPS) is 29.4. The Hall–Kier alpha value is -0.120. The van der Waals surface area contributed by atoms with Crippen molar-refractivity contribution < 1.29 is 4.74 Å². The largest absolute Gasteiger partial charge is 0.376 e. The molecule has 0 bridgehead atoms. The fraction of sp³-hybridized carbons (Fsp3) is 1.00. The van der Waals surface area contributed by atoms with Gasteiger partial charge in [-0.05, 0) is 39.3 Å². The van der Waals surface area contributed by atoms with Crippen molar-refractivity contribution in [1.82, 2.24) is 4.90 Å². The molecule has 14 heavy (non-hydrogen) atoms. The first-order valence-electron chi connectivity index (χ1n) is 5.83. The summed E-state index contributed by atoms with van der Waals surface area (Å²) in [6, 6.07) is 0.629. The molecule has 1 rings (SSSR count). The molecule has 0 aromatic carbocycles. The third kappa shape index (κ3) is 3.56. The third-order valence-corrected chi connectivity index (χ3v) is 2.95. The fourth-order valence-electron chi connectivity index (χ4n) is 2.02. The lowest BCUT2D eigenvalue weighted by molar-refractivity contribution is -0.0560. The molecule has 3 heteroatoms. The van der Waals surface area contributed by atoms with Crippen LogP contribution in [-0.4, -0.2) is 43.3 Å². The lowest BCUT2D eigenvalue weighted by Gasteiger charge is -2.38. The van der Waals surface area contributed by atoms with Gasteiger partial charge >= 0.3 is 0 Å². The molecule has 0 aromatic heterocycles. The SMILES string of the molecule is CCC1COC(C)CN1CCCCN. The molecular weight excluding hydrogens is 176 g/mol. The van der Waals surface area contributed by atoms with E-state index in [0.717, 1.165) is 26.1 Å². The van der Waals surface area contributed by atoms with Crippen molar-refractivity contribution in [3.05, 3.63) is 0 Å². The number of hydrogen-bond acceptors (Lipinski definition) is 3. The van der Waals surface area contributed by atoms with Crippen LogP contribution in [0.4, 0.5) is 0 Å². The molecule has 0 radical (unpaired) electrons. The van der Waals surface area contributed by atoms with E-state index in [1.807, 2.05) is 0 Å². The molecule has 1 saturated heterocycles. The molecule has 0 aliphatic carbocycles. The predicted molar refractivity (Wildman–Crippen MR) is 59.4 cm³/mol. The maximum atomic E-state index is 5.65. The standard InChI is InChI=1S/C11H24N2O/c1-3-11-9-14-10(2)8-13(11)7-5-4-6-12/h10-11H,3-9,12H2,1-2H3. The maximum Gasteiger partial charge on any atom is 0.0674 e. The van der Waals surface area contributed by atoms with Crippen molar-refractivity contribution in [3.63, 3.8) is 0 Å². The van der Waals surface area contributed by atoms with Crippen molar-refractivity contribution in [3.8, 4) is 0 Å². The van der Waals surface area contributed by atoms with Gasteiger partial charge in [-0.25, -0.2) is 0 Å². The Balaban J connectivity index is 2.29. The zero-order chi connectivity index (χ0) is 10.4. The highest BCUT2D eigenvalue weighted by Crippen LogP contribution is 2.14. The van der Waals surface area contributed by atoms with Gasteiger partial charge in [0.05, 0.1) is 12.7 Å². The van der Waals surface area contributed by atoms with Crippen molar-refractivity contribution in [2.75, 3.05) is 26.2 Å². The number of nitrogens with two attached hydrogens (primary N) is 1. The second-order valence-corrected chi connectivity index (χ2v) is 4.20. The fourth-order valence-corrected chi connectivity index (χ4v) is 2.02. The molecule has 1 heterocycles. The summed E-state index contributed by atoms with van der Waals surface area (Å²) >= 11 is 0. The van der Waals surface area contributed by atoms with Crippen LogP contribution in [0.1, 0.15) is 33.1 Å². The van der Waals surface area contributed by atoms with Gasteiger partial charge in [0.15, 0.2) is 0 Å². The van der Waals surface area contributed by atoms with Crippen LogP contribution in [0.3, 0.4) is 0 Å². The summed E-state index contributed by atoms with van der Waals surface area (Å²) in [6.07, 6.45) is 3.95. The predicted octanol–water partition coefficient (Wildman–Crippen LogP) is 1.22. The summed E-state index contributed by atoms with van der Waals surface area (Å²) in [6.45, 7) is 8.38. The van der Waals surface area contributed by atoms with Crippen LogP contribution >= 0.6 is 0 Å². The maximum absolute atomic E-state index is 5.65. The third-order valence-electron chi connectivity index (χ3n) is 2.95. The summed E-state index contributed by atoms with van der Waals surface area (Å²) in [5.74, 6) is 0. The van der Waals surface area contributed by atoms with Crippen LogP contribution < -0.4 is 5.73 Å². The Morgan fingerprint density at radius 2 is 2.21 bits per heavy atom. The van der Waals surface area contributed by atoms with E-state index in [1.54, 1.807) is 0 Å². The average molecular weight is 200 g/mol. The van der Waals surface area contributed by atoms with Gasteiger partial charge in [0, 0.05) is 12.6 Å². The highest BCUT2D eigenvalue weighted by atomic mass is 16.5. The van der Waals surface area contributed by atoms with E-state index >= 15 is 0 Å². The van der Waals surface area contributed by atoms with Crippen molar-refractivity contribution >= 4 is 0 Å². The Kier molecular flexibility index (Phi) is 5.45. The van der Waals surface area contributed by atoms with Crippen LogP contribution in [0.5, 0.6) is 0 Å². The molecule has 2 unspecified atom stereocenters. The van der Waals surface area contributed by atoms with Crippen LogP contribution in [-0.2, 0) is 4.74 Å². The summed E-state index contributed by atoms with van der Waals surface area (Å²) < 4.78 is 5.65. The highest BCUT2D eigenvalue weighted by molar-refractivity contribution is 4.77. The first-order valence-corrected chi connectivity index (χ1v) is 5.83. The molecule has 2 atom stereocenters. The lowest BCUT2D eigenvalue weighted by Crippen LogP contribution is -2.48. The molecule has 1 fully saturated rings. The Morgan fingerprint density at radius 3 is 2.86 bits per heavy atom. The monoisotopic (exact) mass is 200 g/mol. The first kappa shape index (κ1) is 12.0. The van der Waals surface area contributed by atoms with Crippen LogP contribution in [0.15, 0.2) is 0 Å². The number of nitrogens with zero attached hydrogens (tertiary/aromatic N) is 1. The van der Waals surface area contributed by atoms with Gasteiger partial charge in [0.1, 0.15) is 0 Å². The lowest BCUT2D eigenvalue weighted by atomic mass is 10.1. The number of rotatable bonds is 5. The Morgan fingerprint density at radius 1 is 1.43 bits per heavy atom. The zero-order valence-corrected chi connectivity index (χ0v) is 9.54. The minimum Gasteiger partial charge on any atom is -0.376 e. The minimum atomic E-state index is 0.399. The van der Waals surface area contributed by atoms with Gasteiger partial charge in [-0.2, -0.15) is 0 Å². The quantitative estimate of drug-likeness (QED) is 0.678. The number of hydrogen-bond donors (Lipinski definition) is 1. The van der Waals surface area contributed by atoms with Crippen molar-refractivity contribution in [2.45, 2.75) is 45.3 Å². The van der Waals surface area contributed by atoms with Crippen LogP contribution in [0, 0.1) is 0 Å². The summed E-state index contributed by atoms with van der Waals surface area (Å²) in [4.78, 5) is 2.56. The zero-order valence-electron chi connectivity index (χ0n) is 9.54. The average Bonchev–Trinajstić information content (AvgIpc) is 2.19. The molecular formula is C11H24N2O. The van der Waals surface area contributed by atoms with Gasteiger partial charge in [0.2, 0.25) is 0 Å². The van der Waals surface area contributed by atoms with Gasteiger partial charge in [-0.3, -0.25) is 4.90 Å². The van der Waals surface area contributed by atoms with Crippen molar-refractivity contribution in [1.29, 1.82) is 0 Å². The van der Waals surface area contributed by atoms with E-state index in [9.17, 15) is 0 Å². The Labute approximate surface area is 87.6 Å². The summed E-state index contributed by atoms with van der Waals surface area (Å²) in [5, 5.41) is 0. The second kappa shape index (κ2) is 6.38. The van der Waals surface area contributed by atoms with Gasteiger partial charge < -0.3 is 10.5 Å².